The third-order valence-electron chi connectivity index (χ3n) is 2.97. The molecule has 0 amide bonds. The third kappa shape index (κ3) is 3.61. The van der Waals surface area contributed by atoms with Crippen LogP contribution in [-0.4, -0.2) is 10.8 Å². The quantitative estimate of drug-likeness (QED) is 0.665. The van der Waals surface area contributed by atoms with E-state index in [1.807, 2.05) is 6.07 Å². The summed E-state index contributed by atoms with van der Waals surface area (Å²) in [5.74, 6) is -0.00363. The van der Waals surface area contributed by atoms with Crippen molar-refractivity contribution in [3.63, 3.8) is 0 Å². The monoisotopic (exact) mass is 285 g/mol. The number of rotatable bonds is 3. The molecule has 0 saturated carbocycles. The fourth-order valence-electron chi connectivity index (χ4n) is 1.76. The van der Waals surface area contributed by atoms with Crippen LogP contribution in [-0.2, 0) is 5.41 Å². The van der Waals surface area contributed by atoms with Crippen molar-refractivity contribution in [3.05, 3.63) is 53.9 Å². The van der Waals surface area contributed by atoms with Gasteiger partial charge in [0.05, 0.1) is 0 Å². The van der Waals surface area contributed by atoms with Gasteiger partial charge in [-0.3, -0.25) is 10.4 Å². The fourth-order valence-corrected chi connectivity index (χ4v) is 2.54. The van der Waals surface area contributed by atoms with Gasteiger partial charge in [-0.2, -0.15) is 0 Å². The molecule has 20 heavy (non-hydrogen) atoms. The molecule has 0 saturated heterocycles. The van der Waals surface area contributed by atoms with Crippen LogP contribution in [0.3, 0.4) is 0 Å². The largest absolute Gasteiger partial charge is 0.382 e. The first-order valence-electron chi connectivity index (χ1n) is 6.45. The summed E-state index contributed by atoms with van der Waals surface area (Å²) < 4.78 is 0. The Labute approximate surface area is 124 Å². The van der Waals surface area contributed by atoms with E-state index in [1.165, 1.54) is 10.5 Å². The summed E-state index contributed by atoms with van der Waals surface area (Å²) >= 11 is 1.65. The predicted octanol–water partition coefficient (Wildman–Crippen LogP) is 3.81. The zero-order chi connectivity index (χ0) is 14.8. The van der Waals surface area contributed by atoms with E-state index < -0.39 is 0 Å². The zero-order valence-electron chi connectivity index (χ0n) is 12.0. The van der Waals surface area contributed by atoms with Crippen LogP contribution in [0.4, 0.5) is 0 Å². The van der Waals surface area contributed by atoms with E-state index in [4.69, 9.17) is 11.1 Å². The maximum atomic E-state index is 7.32. The molecule has 0 atom stereocenters. The van der Waals surface area contributed by atoms with Crippen LogP contribution >= 0.6 is 11.8 Å². The van der Waals surface area contributed by atoms with Gasteiger partial charge in [0, 0.05) is 16.0 Å². The number of hydrogen-bond acceptors (Lipinski definition) is 3. The van der Waals surface area contributed by atoms with Gasteiger partial charge in [0.1, 0.15) is 11.5 Å². The van der Waals surface area contributed by atoms with Crippen LogP contribution in [0.5, 0.6) is 0 Å². The predicted molar refractivity (Wildman–Crippen MR) is 84.5 cm³/mol. The average molecular weight is 285 g/mol. The van der Waals surface area contributed by atoms with E-state index in [1.54, 1.807) is 24.0 Å². The first-order valence-corrected chi connectivity index (χ1v) is 7.27. The number of amidine groups is 1. The van der Waals surface area contributed by atoms with E-state index in [-0.39, 0.29) is 11.3 Å². The van der Waals surface area contributed by atoms with Crippen molar-refractivity contribution in [1.29, 1.82) is 5.41 Å². The lowest BCUT2D eigenvalue weighted by Gasteiger charge is -2.19. The molecule has 0 aliphatic rings. The molecule has 0 bridgehead atoms. The number of nitrogens with one attached hydrogen (secondary N) is 1. The van der Waals surface area contributed by atoms with Gasteiger partial charge in [-0.25, -0.2) is 0 Å². The standard InChI is InChI=1S/C16H19N3S/c1-16(2,3)11-4-6-12(7-5-11)20-13-8-9-14(15(17)18)19-10-13/h4-10H,1-3H3,(H3,17,18). The maximum absolute atomic E-state index is 7.32. The highest BCUT2D eigenvalue weighted by atomic mass is 32.2. The molecule has 3 nitrogen and oxygen atoms in total. The number of nitrogens with zero attached hydrogens (tertiary/aromatic N) is 1. The number of pyridine rings is 1. The van der Waals surface area contributed by atoms with Gasteiger partial charge in [-0.05, 0) is 35.2 Å². The van der Waals surface area contributed by atoms with Gasteiger partial charge in [0.25, 0.3) is 0 Å². The van der Waals surface area contributed by atoms with Crippen molar-refractivity contribution in [3.8, 4) is 0 Å². The SMILES string of the molecule is CC(C)(C)c1ccc(Sc2ccc(C(=N)N)nc2)cc1. The number of hydrogen-bond donors (Lipinski definition) is 2. The van der Waals surface area contributed by atoms with E-state index in [2.05, 4.69) is 50.0 Å². The molecule has 0 unspecified atom stereocenters. The molecule has 0 fully saturated rings. The smallest absolute Gasteiger partial charge is 0.141 e. The van der Waals surface area contributed by atoms with Crippen LogP contribution in [0.2, 0.25) is 0 Å². The fraction of sp³-hybridized carbons (Fsp3) is 0.250. The van der Waals surface area contributed by atoms with Gasteiger partial charge in [0.15, 0.2) is 0 Å². The Bertz CT molecular complexity index is 595. The number of aromatic nitrogens is 1. The number of nitrogen functional groups attached to an aromatic ring is 1. The average Bonchev–Trinajstić information content (AvgIpc) is 2.39. The van der Waals surface area contributed by atoms with Gasteiger partial charge in [0.2, 0.25) is 0 Å². The molecule has 4 heteroatoms. The lowest BCUT2D eigenvalue weighted by molar-refractivity contribution is 0.590. The Morgan fingerprint density at radius 1 is 1.05 bits per heavy atom. The molecule has 0 spiro atoms. The van der Waals surface area contributed by atoms with Gasteiger partial charge in [-0.1, -0.05) is 44.7 Å². The lowest BCUT2D eigenvalue weighted by atomic mass is 9.87. The Morgan fingerprint density at radius 3 is 2.10 bits per heavy atom. The van der Waals surface area contributed by atoms with E-state index in [0.717, 1.165) is 4.90 Å². The minimum Gasteiger partial charge on any atom is -0.382 e. The molecular formula is C16H19N3S. The second-order valence-corrected chi connectivity index (χ2v) is 6.82. The van der Waals surface area contributed by atoms with E-state index in [9.17, 15) is 0 Å². The molecule has 0 aliphatic heterocycles. The maximum Gasteiger partial charge on any atom is 0.141 e. The topological polar surface area (TPSA) is 62.8 Å². The highest BCUT2D eigenvalue weighted by Gasteiger charge is 2.12. The molecule has 0 aliphatic carbocycles. The van der Waals surface area contributed by atoms with Gasteiger partial charge >= 0.3 is 0 Å². The van der Waals surface area contributed by atoms with Crippen molar-refractivity contribution < 1.29 is 0 Å². The van der Waals surface area contributed by atoms with Crippen molar-refractivity contribution in [2.45, 2.75) is 36.0 Å². The summed E-state index contributed by atoms with van der Waals surface area (Å²) in [7, 11) is 0. The second kappa shape index (κ2) is 5.67. The number of benzene rings is 1. The molecule has 1 aromatic heterocycles. The Kier molecular flexibility index (Phi) is 4.14. The summed E-state index contributed by atoms with van der Waals surface area (Å²) in [6.07, 6.45) is 1.75. The summed E-state index contributed by atoms with van der Waals surface area (Å²) in [6, 6.07) is 12.3. The van der Waals surface area contributed by atoms with Crippen LogP contribution in [0.15, 0.2) is 52.4 Å². The highest BCUT2D eigenvalue weighted by Crippen LogP contribution is 2.29. The molecule has 2 aromatic rings. The molecule has 104 valence electrons. The molecule has 0 radical (unpaired) electrons. The molecule has 1 heterocycles. The second-order valence-electron chi connectivity index (χ2n) is 5.67. The summed E-state index contributed by atoms with van der Waals surface area (Å²) in [6.45, 7) is 6.62. The van der Waals surface area contributed by atoms with Crippen molar-refractivity contribution in [1.82, 2.24) is 4.98 Å². The molecular weight excluding hydrogens is 266 g/mol. The van der Waals surface area contributed by atoms with Crippen LogP contribution in [0.1, 0.15) is 32.0 Å². The minimum absolute atomic E-state index is 0.00363. The number of nitrogens with two attached hydrogens (primary N) is 1. The normalized spacial score (nSPS) is 11.3. The van der Waals surface area contributed by atoms with Crippen LogP contribution in [0, 0.1) is 5.41 Å². The summed E-state index contributed by atoms with van der Waals surface area (Å²) in [5.41, 5.74) is 7.40. The minimum atomic E-state index is -0.00363. The third-order valence-corrected chi connectivity index (χ3v) is 3.95. The molecule has 1 aromatic carbocycles. The zero-order valence-corrected chi connectivity index (χ0v) is 12.8. The van der Waals surface area contributed by atoms with Crippen molar-refractivity contribution in [2.75, 3.05) is 0 Å². The van der Waals surface area contributed by atoms with Crippen LogP contribution in [0.25, 0.3) is 0 Å². The first-order chi connectivity index (χ1) is 9.36. The lowest BCUT2D eigenvalue weighted by Crippen LogP contribution is -2.12. The Morgan fingerprint density at radius 2 is 1.65 bits per heavy atom. The highest BCUT2D eigenvalue weighted by molar-refractivity contribution is 7.99. The van der Waals surface area contributed by atoms with Crippen molar-refractivity contribution >= 4 is 17.6 Å². The first kappa shape index (κ1) is 14.6. The molecule has 3 N–H and O–H groups in total. The molecule has 2 rings (SSSR count). The summed E-state index contributed by atoms with van der Waals surface area (Å²) in [4.78, 5) is 6.38. The van der Waals surface area contributed by atoms with Crippen LogP contribution < -0.4 is 5.73 Å². The Balaban J connectivity index is 2.12. The van der Waals surface area contributed by atoms with Gasteiger partial charge in [-0.15, -0.1) is 0 Å². The summed E-state index contributed by atoms with van der Waals surface area (Å²) in [5, 5.41) is 7.32. The van der Waals surface area contributed by atoms with E-state index in [0.29, 0.717) is 5.69 Å². The van der Waals surface area contributed by atoms with Gasteiger partial charge < -0.3 is 5.73 Å². The van der Waals surface area contributed by atoms with Crippen molar-refractivity contribution in [2.24, 2.45) is 5.73 Å². The van der Waals surface area contributed by atoms with E-state index >= 15 is 0 Å². The Hall–Kier alpha value is -1.81.